The smallest absolute Gasteiger partial charge is 0.138 e. The maximum atomic E-state index is 5.05. The zero-order chi connectivity index (χ0) is 24.0. The summed E-state index contributed by atoms with van der Waals surface area (Å²) in [5.41, 5.74) is 1.36. The third-order valence-electron chi connectivity index (χ3n) is 5.87. The predicted molar refractivity (Wildman–Crippen MR) is 132 cm³/mol. The first-order valence-electron chi connectivity index (χ1n) is 11.4. The van der Waals surface area contributed by atoms with Gasteiger partial charge in [-0.3, -0.25) is 9.13 Å². The van der Waals surface area contributed by atoms with Crippen LogP contribution < -0.4 is 0 Å². The van der Waals surface area contributed by atoms with Crippen LogP contribution in [0.15, 0.2) is 61.2 Å². The van der Waals surface area contributed by atoms with E-state index in [1.165, 1.54) is 0 Å². The number of aromatic nitrogens is 6. The first kappa shape index (κ1) is 22.9. The Morgan fingerprint density at radius 1 is 0.576 bits per heavy atom. The van der Waals surface area contributed by atoms with Crippen molar-refractivity contribution in [2.45, 2.75) is 71.6 Å². The van der Waals surface area contributed by atoms with Crippen molar-refractivity contribution >= 4 is 0 Å². The molecule has 4 rings (SSSR count). The Morgan fingerprint density at radius 3 is 1.33 bits per heavy atom. The molecule has 33 heavy (non-hydrogen) atoms. The van der Waals surface area contributed by atoms with Crippen molar-refractivity contribution in [3.8, 4) is 11.6 Å². The molecule has 0 aliphatic heterocycles. The Hall–Kier alpha value is -3.28. The molecule has 0 aromatic carbocycles. The van der Waals surface area contributed by atoms with Gasteiger partial charge in [-0.25, -0.2) is 19.9 Å². The Balaban J connectivity index is 1.75. The molecule has 4 aromatic heterocycles. The van der Waals surface area contributed by atoms with Crippen LogP contribution in [0.2, 0.25) is 0 Å². The number of hydrogen-bond donors (Lipinski definition) is 0. The Bertz CT molecular complexity index is 1170. The molecule has 4 heterocycles. The molecule has 0 atom stereocenters. The molecular formula is C27H34N6. The SMILES string of the molecule is CC(C)(C)c1nccn1-c1cccc(C(C)(C)c2cccc(-n3ccnc3C(C)(C)C)n2)n1. The molecular weight excluding hydrogens is 408 g/mol. The van der Waals surface area contributed by atoms with Gasteiger partial charge in [-0.05, 0) is 38.1 Å². The average Bonchev–Trinajstić information content (AvgIpc) is 3.43. The molecule has 0 aliphatic carbocycles. The summed E-state index contributed by atoms with van der Waals surface area (Å²) in [6, 6.07) is 12.3. The van der Waals surface area contributed by atoms with Crippen LogP contribution >= 0.6 is 0 Å². The predicted octanol–water partition coefficient (Wildman–Crippen LogP) is 5.77. The fourth-order valence-corrected chi connectivity index (χ4v) is 4.03. The maximum Gasteiger partial charge on any atom is 0.138 e. The van der Waals surface area contributed by atoms with Crippen molar-refractivity contribution in [2.75, 3.05) is 0 Å². The first-order valence-corrected chi connectivity index (χ1v) is 11.4. The normalized spacial score (nSPS) is 12.8. The van der Waals surface area contributed by atoms with Gasteiger partial charge < -0.3 is 0 Å². The molecule has 6 nitrogen and oxygen atoms in total. The second kappa shape index (κ2) is 7.94. The minimum Gasteiger partial charge on any atom is -0.287 e. The Kier molecular flexibility index (Phi) is 5.51. The van der Waals surface area contributed by atoms with E-state index >= 15 is 0 Å². The van der Waals surface area contributed by atoms with Crippen molar-refractivity contribution in [1.29, 1.82) is 0 Å². The van der Waals surface area contributed by atoms with Gasteiger partial charge in [-0.1, -0.05) is 53.7 Å². The molecule has 4 aromatic rings. The minimum atomic E-state index is -0.392. The number of hydrogen-bond acceptors (Lipinski definition) is 4. The summed E-state index contributed by atoms with van der Waals surface area (Å²) in [4.78, 5) is 19.3. The molecule has 0 aliphatic rings. The fraction of sp³-hybridized carbons (Fsp3) is 0.407. The monoisotopic (exact) mass is 442 g/mol. The van der Waals surface area contributed by atoms with Crippen molar-refractivity contribution in [3.05, 3.63) is 84.2 Å². The topological polar surface area (TPSA) is 61.4 Å². The van der Waals surface area contributed by atoms with Gasteiger partial charge in [0.05, 0.1) is 11.4 Å². The largest absolute Gasteiger partial charge is 0.287 e. The van der Waals surface area contributed by atoms with E-state index in [-0.39, 0.29) is 10.8 Å². The highest BCUT2D eigenvalue weighted by atomic mass is 15.1. The lowest BCUT2D eigenvalue weighted by Crippen LogP contribution is -2.25. The highest BCUT2D eigenvalue weighted by Crippen LogP contribution is 2.31. The zero-order valence-corrected chi connectivity index (χ0v) is 21.0. The van der Waals surface area contributed by atoms with Gasteiger partial charge in [0.2, 0.25) is 0 Å². The molecule has 0 saturated heterocycles. The van der Waals surface area contributed by atoms with Gasteiger partial charge in [0, 0.05) is 41.0 Å². The van der Waals surface area contributed by atoms with E-state index in [9.17, 15) is 0 Å². The van der Waals surface area contributed by atoms with E-state index in [1.807, 2.05) is 36.9 Å². The summed E-state index contributed by atoms with van der Waals surface area (Å²) in [6.07, 6.45) is 7.63. The van der Waals surface area contributed by atoms with Crippen molar-refractivity contribution in [3.63, 3.8) is 0 Å². The lowest BCUT2D eigenvalue weighted by molar-refractivity contribution is 0.530. The summed E-state index contributed by atoms with van der Waals surface area (Å²) in [7, 11) is 0. The molecule has 0 bridgehead atoms. The third kappa shape index (κ3) is 4.34. The van der Waals surface area contributed by atoms with Crippen molar-refractivity contribution in [1.82, 2.24) is 29.1 Å². The molecule has 0 spiro atoms. The Labute approximate surface area is 196 Å². The highest BCUT2D eigenvalue weighted by molar-refractivity contribution is 5.38. The van der Waals surface area contributed by atoms with Crippen molar-refractivity contribution < 1.29 is 0 Å². The number of rotatable bonds is 4. The van der Waals surface area contributed by atoms with Gasteiger partial charge in [-0.15, -0.1) is 0 Å². The maximum absolute atomic E-state index is 5.05. The van der Waals surface area contributed by atoms with Crippen LogP contribution in [0.4, 0.5) is 0 Å². The van der Waals surface area contributed by atoms with Crippen LogP contribution in [0.25, 0.3) is 11.6 Å². The summed E-state index contributed by atoms with van der Waals surface area (Å²) in [5, 5.41) is 0. The quantitative estimate of drug-likeness (QED) is 0.403. The van der Waals surface area contributed by atoms with Crippen LogP contribution in [-0.4, -0.2) is 29.1 Å². The van der Waals surface area contributed by atoms with Crippen LogP contribution in [0.5, 0.6) is 0 Å². The van der Waals surface area contributed by atoms with Crippen LogP contribution in [-0.2, 0) is 16.2 Å². The lowest BCUT2D eigenvalue weighted by atomic mass is 9.84. The van der Waals surface area contributed by atoms with E-state index in [2.05, 4.69) is 98.8 Å². The van der Waals surface area contributed by atoms with Crippen LogP contribution in [0.1, 0.15) is 78.4 Å². The molecule has 0 saturated carbocycles. The van der Waals surface area contributed by atoms with E-state index in [0.29, 0.717) is 0 Å². The van der Waals surface area contributed by atoms with Gasteiger partial charge in [0.25, 0.3) is 0 Å². The first-order chi connectivity index (χ1) is 15.4. The van der Waals surface area contributed by atoms with E-state index in [0.717, 1.165) is 34.7 Å². The van der Waals surface area contributed by atoms with Crippen LogP contribution in [0, 0.1) is 0 Å². The molecule has 0 N–H and O–H groups in total. The molecule has 6 heteroatoms. The molecule has 0 radical (unpaired) electrons. The molecule has 172 valence electrons. The average molecular weight is 443 g/mol. The minimum absolute atomic E-state index is 0.0812. The zero-order valence-electron chi connectivity index (χ0n) is 21.0. The van der Waals surface area contributed by atoms with E-state index in [1.54, 1.807) is 0 Å². The number of nitrogens with zero attached hydrogens (tertiary/aromatic N) is 6. The summed E-state index contributed by atoms with van der Waals surface area (Å²) in [5.74, 6) is 3.70. The van der Waals surface area contributed by atoms with E-state index < -0.39 is 5.41 Å². The van der Waals surface area contributed by atoms with Crippen LogP contribution in [0.3, 0.4) is 0 Å². The van der Waals surface area contributed by atoms with E-state index in [4.69, 9.17) is 9.97 Å². The summed E-state index contributed by atoms with van der Waals surface area (Å²) < 4.78 is 4.15. The number of pyridine rings is 2. The van der Waals surface area contributed by atoms with Gasteiger partial charge in [0.1, 0.15) is 23.3 Å². The highest BCUT2D eigenvalue weighted by Gasteiger charge is 2.29. The molecule has 0 unspecified atom stereocenters. The Morgan fingerprint density at radius 2 is 0.970 bits per heavy atom. The second-order valence-electron chi connectivity index (χ2n) is 11.1. The van der Waals surface area contributed by atoms with Gasteiger partial charge >= 0.3 is 0 Å². The number of imidazole rings is 2. The van der Waals surface area contributed by atoms with Crippen molar-refractivity contribution in [2.24, 2.45) is 0 Å². The summed E-state index contributed by atoms with van der Waals surface area (Å²) >= 11 is 0. The summed E-state index contributed by atoms with van der Waals surface area (Å²) in [6.45, 7) is 17.3. The van der Waals surface area contributed by atoms with Gasteiger partial charge in [0.15, 0.2) is 0 Å². The third-order valence-corrected chi connectivity index (χ3v) is 5.87. The standard InChI is InChI=1S/C27H34N6/c1-25(2,3)23-28-15-17-32(23)21-13-9-11-19(30-21)27(7,8)20-12-10-14-22(31-20)33-18-16-29-24(33)26(4,5)6/h9-18H,1-8H3. The lowest BCUT2D eigenvalue weighted by Gasteiger charge is -2.26. The fourth-order valence-electron chi connectivity index (χ4n) is 4.03. The molecule has 0 fully saturated rings. The van der Waals surface area contributed by atoms with Gasteiger partial charge in [-0.2, -0.15) is 0 Å². The second-order valence-corrected chi connectivity index (χ2v) is 11.1. The molecule has 0 amide bonds.